The summed E-state index contributed by atoms with van der Waals surface area (Å²) in [5.41, 5.74) is 1.79. The summed E-state index contributed by atoms with van der Waals surface area (Å²) in [6.45, 7) is 3.32. The Bertz CT molecular complexity index is 688. The number of halogens is 1. The molecule has 1 atom stereocenters. The minimum absolute atomic E-state index is 0.215. The van der Waals surface area contributed by atoms with Crippen LogP contribution >= 0.6 is 11.6 Å². The second-order valence-corrected chi connectivity index (χ2v) is 6.01. The number of oxazole rings is 1. The molecule has 1 saturated heterocycles. The maximum Gasteiger partial charge on any atom is 0.312 e. The Balaban J connectivity index is 1.70. The number of aromatic nitrogens is 1. The lowest BCUT2D eigenvalue weighted by molar-refractivity contribution is 0.106. The summed E-state index contributed by atoms with van der Waals surface area (Å²) in [5.74, 6) is 0.135. The van der Waals surface area contributed by atoms with Crippen LogP contribution in [0.4, 0.5) is 0 Å². The van der Waals surface area contributed by atoms with Crippen LogP contribution in [0, 0.1) is 0 Å². The third kappa shape index (κ3) is 3.92. The van der Waals surface area contributed by atoms with Gasteiger partial charge in [0.25, 0.3) is 0 Å². The van der Waals surface area contributed by atoms with Crippen molar-refractivity contribution in [3.63, 3.8) is 0 Å². The first-order chi connectivity index (χ1) is 11.1. The Kier molecular flexibility index (Phi) is 4.98. The van der Waals surface area contributed by atoms with Gasteiger partial charge < -0.3 is 14.3 Å². The maximum atomic E-state index is 9.97. The van der Waals surface area contributed by atoms with Crippen LogP contribution in [-0.2, 0) is 4.74 Å². The molecule has 2 aromatic rings. The number of hydrogen-bond donors (Lipinski definition) is 1. The van der Waals surface area contributed by atoms with Crippen LogP contribution in [0.1, 0.15) is 31.9 Å². The van der Waals surface area contributed by atoms with Gasteiger partial charge in [-0.25, -0.2) is 4.98 Å². The molecule has 1 aromatic heterocycles. The zero-order valence-corrected chi connectivity index (χ0v) is 13.7. The average molecular weight is 335 g/mol. The third-order valence-electron chi connectivity index (χ3n) is 3.87. The summed E-state index contributed by atoms with van der Waals surface area (Å²) in [6, 6.07) is 7.09. The molecule has 6 heteroatoms. The molecule has 0 saturated carbocycles. The smallest absolute Gasteiger partial charge is 0.312 e. The summed E-state index contributed by atoms with van der Waals surface area (Å²) in [4.78, 5) is 8.81. The van der Waals surface area contributed by atoms with E-state index in [0.717, 1.165) is 31.4 Å². The topological polar surface area (TPSA) is 67.9 Å². The number of aromatic hydroxyl groups is 1. The molecule has 1 aliphatic heterocycles. The summed E-state index contributed by atoms with van der Waals surface area (Å²) < 4.78 is 10.9. The van der Waals surface area contributed by atoms with E-state index in [1.165, 1.54) is 0 Å². The predicted octanol–water partition coefficient (Wildman–Crippen LogP) is 4.08. The molecule has 0 spiro atoms. The van der Waals surface area contributed by atoms with Gasteiger partial charge in [-0.3, -0.25) is 4.99 Å². The van der Waals surface area contributed by atoms with Crippen molar-refractivity contribution in [2.24, 2.45) is 4.99 Å². The second-order valence-electron chi connectivity index (χ2n) is 5.57. The van der Waals surface area contributed by atoms with E-state index in [9.17, 15) is 5.11 Å². The van der Waals surface area contributed by atoms with E-state index >= 15 is 0 Å². The molecule has 0 amide bonds. The highest BCUT2D eigenvalue weighted by atomic mass is 35.5. The van der Waals surface area contributed by atoms with Gasteiger partial charge in [0.15, 0.2) is 5.69 Å². The average Bonchev–Trinajstić information content (AvgIpc) is 3.17. The van der Waals surface area contributed by atoms with Gasteiger partial charge in [0, 0.05) is 23.7 Å². The SMILES string of the molecule is CC(=NCC[C@@H]1CCCO1)c1nc(-c2ccc(Cl)cc2)oc1O. The van der Waals surface area contributed by atoms with Gasteiger partial charge in [0.1, 0.15) is 0 Å². The lowest BCUT2D eigenvalue weighted by Gasteiger charge is -2.06. The quantitative estimate of drug-likeness (QED) is 0.836. The van der Waals surface area contributed by atoms with Gasteiger partial charge in [-0.2, -0.15) is 0 Å². The van der Waals surface area contributed by atoms with Crippen LogP contribution in [0.5, 0.6) is 5.95 Å². The third-order valence-corrected chi connectivity index (χ3v) is 4.12. The molecule has 1 fully saturated rings. The van der Waals surface area contributed by atoms with E-state index in [4.69, 9.17) is 20.8 Å². The molecule has 2 heterocycles. The number of ether oxygens (including phenoxy) is 1. The van der Waals surface area contributed by atoms with E-state index in [2.05, 4.69) is 9.98 Å². The number of aliphatic imine (C=N–C) groups is 1. The van der Waals surface area contributed by atoms with Crippen LogP contribution in [0.2, 0.25) is 5.02 Å². The van der Waals surface area contributed by atoms with E-state index in [1.54, 1.807) is 24.3 Å². The minimum Gasteiger partial charge on any atom is -0.479 e. The molecule has 0 unspecified atom stereocenters. The van der Waals surface area contributed by atoms with E-state index in [0.29, 0.717) is 35.0 Å². The minimum atomic E-state index is -0.215. The Morgan fingerprint density at radius 3 is 2.87 bits per heavy atom. The molecule has 0 bridgehead atoms. The van der Waals surface area contributed by atoms with Gasteiger partial charge in [0.05, 0.1) is 11.8 Å². The predicted molar refractivity (Wildman–Crippen MR) is 89.3 cm³/mol. The highest BCUT2D eigenvalue weighted by molar-refractivity contribution is 6.30. The fourth-order valence-corrected chi connectivity index (χ4v) is 2.71. The first-order valence-electron chi connectivity index (χ1n) is 7.72. The molecule has 1 aliphatic rings. The molecule has 3 rings (SSSR count). The van der Waals surface area contributed by atoms with Crippen LogP contribution in [0.25, 0.3) is 11.5 Å². The van der Waals surface area contributed by atoms with E-state index in [-0.39, 0.29) is 5.95 Å². The number of rotatable bonds is 5. The zero-order valence-electron chi connectivity index (χ0n) is 13.0. The lowest BCUT2D eigenvalue weighted by Crippen LogP contribution is -2.07. The van der Waals surface area contributed by atoms with Gasteiger partial charge in [-0.05, 0) is 50.5 Å². The fraction of sp³-hybridized carbons (Fsp3) is 0.412. The maximum absolute atomic E-state index is 9.97. The van der Waals surface area contributed by atoms with Crippen molar-refractivity contribution in [3.05, 3.63) is 35.0 Å². The monoisotopic (exact) mass is 334 g/mol. The molecular weight excluding hydrogens is 316 g/mol. The Hall–Kier alpha value is -1.85. The van der Waals surface area contributed by atoms with Crippen molar-refractivity contribution in [2.75, 3.05) is 13.2 Å². The molecular formula is C17H19ClN2O3. The van der Waals surface area contributed by atoms with Gasteiger partial charge in [0.2, 0.25) is 5.89 Å². The first kappa shape index (κ1) is 16.0. The molecule has 0 radical (unpaired) electrons. The van der Waals surface area contributed by atoms with Crippen molar-refractivity contribution in [1.82, 2.24) is 4.98 Å². The van der Waals surface area contributed by atoms with Crippen LogP contribution in [-0.4, -0.2) is 35.1 Å². The Labute approximate surface area is 140 Å². The van der Waals surface area contributed by atoms with E-state index in [1.807, 2.05) is 6.92 Å². The summed E-state index contributed by atoms with van der Waals surface area (Å²) in [7, 11) is 0. The van der Waals surface area contributed by atoms with Gasteiger partial charge >= 0.3 is 5.95 Å². The summed E-state index contributed by atoms with van der Waals surface area (Å²) in [5, 5.41) is 10.6. The highest BCUT2D eigenvalue weighted by Crippen LogP contribution is 2.27. The van der Waals surface area contributed by atoms with Gasteiger partial charge in [-0.15, -0.1) is 0 Å². The van der Waals surface area contributed by atoms with Crippen molar-refractivity contribution >= 4 is 17.3 Å². The summed E-state index contributed by atoms with van der Waals surface area (Å²) in [6.07, 6.45) is 3.42. The molecule has 5 nitrogen and oxygen atoms in total. The van der Waals surface area contributed by atoms with Crippen LogP contribution < -0.4 is 0 Å². The van der Waals surface area contributed by atoms with E-state index < -0.39 is 0 Å². The summed E-state index contributed by atoms with van der Waals surface area (Å²) >= 11 is 5.87. The fourth-order valence-electron chi connectivity index (χ4n) is 2.59. The lowest BCUT2D eigenvalue weighted by atomic mass is 10.2. The second kappa shape index (κ2) is 7.15. The van der Waals surface area contributed by atoms with Crippen LogP contribution in [0.15, 0.2) is 33.7 Å². The molecule has 1 aromatic carbocycles. The van der Waals surface area contributed by atoms with Crippen molar-refractivity contribution in [3.8, 4) is 17.4 Å². The number of nitrogens with zero attached hydrogens (tertiary/aromatic N) is 2. The van der Waals surface area contributed by atoms with Crippen molar-refractivity contribution < 1.29 is 14.3 Å². The molecule has 122 valence electrons. The molecule has 0 aliphatic carbocycles. The standard InChI is InChI=1S/C17H19ClN2O3/c1-11(19-9-8-14-3-2-10-22-14)15-17(21)23-16(20-15)12-4-6-13(18)7-5-12/h4-7,14,21H,2-3,8-10H2,1H3/t14-/m0/s1. The Morgan fingerprint density at radius 2 is 2.17 bits per heavy atom. The highest BCUT2D eigenvalue weighted by Gasteiger charge is 2.17. The zero-order chi connectivity index (χ0) is 16.2. The largest absolute Gasteiger partial charge is 0.479 e. The van der Waals surface area contributed by atoms with Gasteiger partial charge in [-0.1, -0.05) is 11.6 Å². The number of benzene rings is 1. The molecule has 1 N–H and O–H groups in total. The Morgan fingerprint density at radius 1 is 1.39 bits per heavy atom. The van der Waals surface area contributed by atoms with Crippen molar-refractivity contribution in [2.45, 2.75) is 32.3 Å². The molecule has 23 heavy (non-hydrogen) atoms. The van der Waals surface area contributed by atoms with Crippen molar-refractivity contribution in [1.29, 1.82) is 0 Å². The normalized spacial score (nSPS) is 18.5. The first-order valence-corrected chi connectivity index (χ1v) is 8.10. The number of hydrogen-bond acceptors (Lipinski definition) is 5. The van der Waals surface area contributed by atoms with Crippen LogP contribution in [0.3, 0.4) is 0 Å².